The second kappa shape index (κ2) is 8.79. The molecule has 0 aliphatic carbocycles. The number of rotatable bonds is 6. The molecule has 1 aromatic carbocycles. The highest BCUT2D eigenvalue weighted by Gasteiger charge is 2.25. The molecule has 1 heterocycles. The van der Waals surface area contributed by atoms with Crippen molar-refractivity contribution < 1.29 is 32.5 Å². The number of nitro benzene ring substituents is 1. The summed E-state index contributed by atoms with van der Waals surface area (Å²) in [7, 11) is -3.87. The average molecular weight is 441 g/mol. The van der Waals surface area contributed by atoms with Gasteiger partial charge in [-0.05, 0) is 30.5 Å². The fourth-order valence-corrected chi connectivity index (χ4v) is 3.81. The number of amides is 3. The van der Waals surface area contributed by atoms with Crippen molar-refractivity contribution in [1.29, 1.82) is 0 Å². The van der Waals surface area contributed by atoms with Crippen LogP contribution in [0.25, 0.3) is 0 Å². The molecule has 0 radical (unpaired) electrons. The highest BCUT2D eigenvalue weighted by molar-refractivity contribution is 7.90. The summed E-state index contributed by atoms with van der Waals surface area (Å²) >= 11 is 0.985. The minimum absolute atomic E-state index is 0.0151. The summed E-state index contributed by atoms with van der Waals surface area (Å²) in [6, 6.07) is 4.28. The van der Waals surface area contributed by atoms with Crippen LogP contribution < -0.4 is 10.6 Å². The third-order valence-electron chi connectivity index (χ3n) is 3.45. The van der Waals surface area contributed by atoms with Gasteiger partial charge >= 0.3 is 6.09 Å². The smallest absolute Gasteiger partial charge is 0.414 e. The number of hydrogen-bond acceptors (Lipinski definition) is 9. The summed E-state index contributed by atoms with van der Waals surface area (Å²) in [6.45, 7) is 1.63. The van der Waals surface area contributed by atoms with Crippen LogP contribution in [-0.4, -0.2) is 44.1 Å². The van der Waals surface area contributed by atoms with Crippen molar-refractivity contribution in [2.45, 2.75) is 11.8 Å². The number of hydrogen-bond donors (Lipinski definition) is 2. The second-order valence-electron chi connectivity index (χ2n) is 5.50. The molecule has 2 aromatic rings. The first-order chi connectivity index (χ1) is 13.5. The average Bonchev–Trinajstić information content (AvgIpc) is 3.08. The van der Waals surface area contributed by atoms with Gasteiger partial charge in [0.1, 0.15) is 9.90 Å². The van der Waals surface area contributed by atoms with E-state index in [1.165, 1.54) is 11.4 Å². The lowest BCUT2D eigenvalue weighted by atomic mass is 10.2. The van der Waals surface area contributed by atoms with Crippen LogP contribution in [-0.2, 0) is 14.6 Å². The maximum atomic E-state index is 12.4. The lowest BCUT2D eigenvalue weighted by Gasteiger charge is -2.08. The zero-order chi connectivity index (χ0) is 21.8. The Morgan fingerprint density at radius 3 is 2.48 bits per heavy atom. The maximum absolute atomic E-state index is 12.4. The Balaban J connectivity index is 2.27. The van der Waals surface area contributed by atoms with Crippen molar-refractivity contribution in [3.8, 4) is 0 Å². The van der Waals surface area contributed by atoms with Gasteiger partial charge in [-0.1, -0.05) is 0 Å². The van der Waals surface area contributed by atoms with Gasteiger partial charge in [-0.25, -0.2) is 13.2 Å². The van der Waals surface area contributed by atoms with Gasteiger partial charge < -0.3 is 10.1 Å². The van der Waals surface area contributed by atoms with E-state index in [0.717, 1.165) is 35.8 Å². The van der Waals surface area contributed by atoms with Gasteiger partial charge in [-0.2, -0.15) is 0 Å². The van der Waals surface area contributed by atoms with E-state index in [2.05, 4.69) is 10.1 Å². The molecule has 13 heteroatoms. The third kappa shape index (κ3) is 5.36. The van der Waals surface area contributed by atoms with E-state index in [1.54, 1.807) is 6.92 Å². The summed E-state index contributed by atoms with van der Waals surface area (Å²) in [6.07, 6.45) is -0.136. The lowest BCUT2D eigenvalue weighted by Crippen LogP contribution is -2.31. The molecule has 3 amide bonds. The first-order valence-corrected chi connectivity index (χ1v) is 10.7. The topological polar surface area (TPSA) is 162 Å². The third-order valence-corrected chi connectivity index (χ3v) is 5.42. The Bertz CT molecular complexity index is 1090. The van der Waals surface area contributed by atoms with Crippen molar-refractivity contribution in [3.05, 3.63) is 50.9 Å². The Kier molecular flexibility index (Phi) is 6.66. The summed E-state index contributed by atoms with van der Waals surface area (Å²) in [4.78, 5) is 45.7. The van der Waals surface area contributed by atoms with E-state index in [9.17, 15) is 32.9 Å². The van der Waals surface area contributed by atoms with Crippen LogP contribution in [0.2, 0.25) is 0 Å². The number of ether oxygens (including phenoxy) is 1. The van der Waals surface area contributed by atoms with Gasteiger partial charge in [-0.3, -0.25) is 25.0 Å². The van der Waals surface area contributed by atoms with Gasteiger partial charge in [0.2, 0.25) is 0 Å². The van der Waals surface area contributed by atoms with Gasteiger partial charge in [0.05, 0.1) is 17.1 Å². The summed E-state index contributed by atoms with van der Waals surface area (Å²) in [5.74, 6) is -1.61. The van der Waals surface area contributed by atoms with E-state index in [-0.39, 0.29) is 22.7 Å². The van der Waals surface area contributed by atoms with E-state index in [0.29, 0.717) is 0 Å². The molecule has 0 spiro atoms. The van der Waals surface area contributed by atoms with Gasteiger partial charge in [0.15, 0.2) is 9.84 Å². The summed E-state index contributed by atoms with van der Waals surface area (Å²) < 4.78 is 27.9. The molecule has 0 aliphatic heterocycles. The number of carbonyl (C=O) groups is 3. The van der Waals surface area contributed by atoms with Crippen LogP contribution in [0.15, 0.2) is 34.5 Å². The second-order valence-corrected chi connectivity index (χ2v) is 8.40. The number of nitrogens with one attached hydrogen (secondary N) is 2. The number of nitro groups is 1. The predicted octanol–water partition coefficient (Wildman–Crippen LogP) is 2.20. The van der Waals surface area contributed by atoms with Crippen molar-refractivity contribution >= 4 is 49.8 Å². The molecule has 2 rings (SSSR count). The normalized spacial score (nSPS) is 10.8. The molecule has 1 aromatic heterocycles. The maximum Gasteiger partial charge on any atom is 0.414 e. The minimum atomic E-state index is -3.87. The SMILES string of the molecule is CCOC(=O)NC(=O)c1ccsc1NC(=O)c1ccc(S(C)(=O)=O)c([N+](=O)[O-])c1. The summed E-state index contributed by atoms with van der Waals surface area (Å²) in [5, 5.41) is 17.2. The Morgan fingerprint density at radius 2 is 1.90 bits per heavy atom. The van der Waals surface area contributed by atoms with Crippen molar-refractivity contribution in [3.63, 3.8) is 0 Å². The van der Waals surface area contributed by atoms with E-state index in [4.69, 9.17) is 0 Å². The zero-order valence-electron chi connectivity index (χ0n) is 15.1. The highest BCUT2D eigenvalue weighted by Crippen LogP contribution is 2.27. The summed E-state index contributed by atoms with van der Waals surface area (Å²) in [5.41, 5.74) is -0.945. The number of carbonyl (C=O) groups excluding carboxylic acids is 3. The molecule has 0 fully saturated rings. The number of imide groups is 1. The van der Waals surface area contributed by atoms with Crippen molar-refractivity contribution in [1.82, 2.24) is 5.32 Å². The fraction of sp³-hybridized carbons (Fsp3) is 0.188. The molecule has 0 saturated carbocycles. The Labute approximate surface area is 168 Å². The molecular weight excluding hydrogens is 426 g/mol. The van der Waals surface area contributed by atoms with Crippen molar-refractivity contribution in [2.75, 3.05) is 18.2 Å². The molecule has 0 atom stereocenters. The van der Waals surface area contributed by atoms with Gasteiger partial charge in [0.25, 0.3) is 17.5 Å². The molecule has 11 nitrogen and oxygen atoms in total. The van der Waals surface area contributed by atoms with E-state index in [1.807, 2.05) is 5.32 Å². The van der Waals surface area contributed by atoms with Crippen LogP contribution in [0.1, 0.15) is 27.6 Å². The van der Waals surface area contributed by atoms with E-state index >= 15 is 0 Å². The largest absolute Gasteiger partial charge is 0.450 e. The molecule has 2 N–H and O–H groups in total. The Morgan fingerprint density at radius 1 is 1.21 bits per heavy atom. The molecule has 0 unspecified atom stereocenters. The number of alkyl carbamates (subject to hydrolysis) is 1. The monoisotopic (exact) mass is 441 g/mol. The van der Waals surface area contributed by atoms with Gasteiger partial charge in [-0.15, -0.1) is 11.3 Å². The molecule has 0 saturated heterocycles. The fourth-order valence-electron chi connectivity index (χ4n) is 2.20. The number of sulfone groups is 1. The van der Waals surface area contributed by atoms with Gasteiger partial charge in [0, 0.05) is 17.9 Å². The first kappa shape index (κ1) is 22.0. The quantitative estimate of drug-likeness (QED) is 0.509. The molecule has 29 heavy (non-hydrogen) atoms. The van der Waals surface area contributed by atoms with Crippen LogP contribution in [0.3, 0.4) is 0 Å². The van der Waals surface area contributed by atoms with Crippen LogP contribution in [0, 0.1) is 10.1 Å². The first-order valence-electron chi connectivity index (χ1n) is 7.90. The number of thiophene rings is 1. The molecule has 0 bridgehead atoms. The highest BCUT2D eigenvalue weighted by atomic mass is 32.2. The number of anilines is 1. The van der Waals surface area contributed by atoms with Crippen molar-refractivity contribution in [2.24, 2.45) is 0 Å². The van der Waals surface area contributed by atoms with Crippen LogP contribution >= 0.6 is 11.3 Å². The molecule has 0 aliphatic rings. The molecular formula is C16H15N3O8S2. The standard InChI is InChI=1S/C16H15N3O8S2/c1-3-27-16(22)18-14(21)10-6-7-28-15(10)17-13(20)9-4-5-12(29(2,25)26)11(8-9)19(23)24/h4-8H,3H2,1-2H3,(H,17,20)(H,18,21,22). The predicted molar refractivity (Wildman–Crippen MR) is 103 cm³/mol. The van der Waals surface area contributed by atoms with Crippen LogP contribution in [0.5, 0.6) is 0 Å². The van der Waals surface area contributed by atoms with Crippen LogP contribution in [0.4, 0.5) is 15.5 Å². The minimum Gasteiger partial charge on any atom is -0.450 e. The molecule has 154 valence electrons. The number of benzene rings is 1. The Hall–Kier alpha value is -3.32. The van der Waals surface area contributed by atoms with E-state index < -0.39 is 43.3 Å². The number of nitrogens with zero attached hydrogens (tertiary/aromatic N) is 1. The lowest BCUT2D eigenvalue weighted by molar-refractivity contribution is -0.387. The zero-order valence-corrected chi connectivity index (χ0v) is 16.8.